The Hall–Kier alpha value is -2.78. The van der Waals surface area contributed by atoms with Crippen LogP contribution < -0.4 is 4.74 Å². The van der Waals surface area contributed by atoms with Crippen LogP contribution >= 0.6 is 7.67 Å². The molecule has 0 saturated carbocycles. The second-order valence-corrected chi connectivity index (χ2v) is 9.85. The number of carbonyl (C=O) groups excluding carboxylic acids is 1. The van der Waals surface area contributed by atoms with E-state index >= 15 is 0 Å². The fourth-order valence-electron chi connectivity index (χ4n) is 3.26. The van der Waals surface area contributed by atoms with Gasteiger partial charge in [-0.15, -0.1) is 0 Å². The molecule has 170 valence electrons. The normalized spacial score (nSPS) is 15.9. The fraction of sp³-hybridized carbons (Fsp3) is 0.381. The number of nitrogens with zero attached hydrogens (tertiary/aromatic N) is 3. The molecule has 32 heavy (non-hydrogen) atoms. The molecule has 11 heteroatoms. The monoisotopic (exact) mass is 461 g/mol. The molecule has 0 radical (unpaired) electrons. The molecule has 2 aromatic rings. The Bertz CT molecular complexity index is 1080. The van der Waals surface area contributed by atoms with Crippen molar-refractivity contribution in [1.82, 2.24) is 9.34 Å². The lowest BCUT2D eigenvalue weighted by molar-refractivity contribution is -0.385. The summed E-state index contributed by atoms with van der Waals surface area (Å²) in [4.78, 5) is 23.1. The number of nitro groups is 1. The van der Waals surface area contributed by atoms with Crippen molar-refractivity contribution in [2.75, 3.05) is 32.8 Å². The van der Waals surface area contributed by atoms with Gasteiger partial charge in [-0.1, -0.05) is 6.07 Å². The number of benzene rings is 2. The lowest BCUT2D eigenvalue weighted by Gasteiger charge is -2.20. The lowest BCUT2D eigenvalue weighted by atomic mass is 10.1. The van der Waals surface area contributed by atoms with Gasteiger partial charge in [-0.3, -0.25) is 14.7 Å². The maximum absolute atomic E-state index is 13.2. The van der Waals surface area contributed by atoms with Gasteiger partial charge in [0.25, 0.3) is 0 Å². The molecule has 0 bridgehead atoms. The van der Waals surface area contributed by atoms with E-state index in [1.54, 1.807) is 47.5 Å². The molecule has 10 nitrogen and oxygen atoms in total. The van der Waals surface area contributed by atoms with Gasteiger partial charge in [-0.05, 0) is 43.7 Å². The second-order valence-electron chi connectivity index (χ2n) is 7.48. The van der Waals surface area contributed by atoms with Crippen LogP contribution in [0.4, 0.5) is 5.69 Å². The summed E-state index contributed by atoms with van der Waals surface area (Å²) in [5.74, 6) is -0.198. The molecule has 4 rings (SSSR count). The number of ether oxygens (including phenoxy) is 2. The standard InChI is InChI=1S/C21H24N3O7P/c1-3-29-21(25)16-5-4-6-18(13-16)31-20-15(2)17(7-8-19(20)24(26)27)14-30-32(28,22-9-10-22)23-11-12-23/h4-8,13H,3,9-12,14H2,1-2H3. The van der Waals surface area contributed by atoms with Crippen molar-refractivity contribution < 1.29 is 28.3 Å². The summed E-state index contributed by atoms with van der Waals surface area (Å²) in [6.45, 7) is 6.60. The van der Waals surface area contributed by atoms with Gasteiger partial charge in [0.1, 0.15) is 5.75 Å². The number of hydrogen-bond donors (Lipinski definition) is 0. The number of rotatable bonds is 10. The molecule has 2 aromatic carbocycles. The summed E-state index contributed by atoms with van der Waals surface area (Å²) >= 11 is 0. The second kappa shape index (κ2) is 8.99. The fourth-order valence-corrected chi connectivity index (χ4v) is 5.44. The van der Waals surface area contributed by atoms with Crippen molar-refractivity contribution in [2.45, 2.75) is 20.5 Å². The minimum absolute atomic E-state index is 0.0351. The summed E-state index contributed by atoms with van der Waals surface area (Å²) in [6, 6.07) is 9.19. The Labute approximate surface area is 185 Å². The van der Waals surface area contributed by atoms with Crippen molar-refractivity contribution in [1.29, 1.82) is 0 Å². The van der Waals surface area contributed by atoms with Crippen molar-refractivity contribution in [3.05, 3.63) is 63.2 Å². The zero-order chi connectivity index (χ0) is 22.9. The van der Waals surface area contributed by atoms with Crippen LogP contribution in [-0.2, 0) is 20.4 Å². The summed E-state index contributed by atoms with van der Waals surface area (Å²) < 4.78 is 33.5. The molecule has 0 amide bonds. The summed E-state index contributed by atoms with van der Waals surface area (Å²) in [5, 5.41) is 11.6. The summed E-state index contributed by atoms with van der Waals surface area (Å²) in [5.41, 5.74) is 1.20. The Morgan fingerprint density at radius 1 is 1.16 bits per heavy atom. The molecule has 2 saturated heterocycles. The summed E-state index contributed by atoms with van der Waals surface area (Å²) in [7, 11) is -3.02. The first-order valence-electron chi connectivity index (χ1n) is 10.3. The molecule has 0 aliphatic carbocycles. The average Bonchev–Trinajstić information content (AvgIpc) is 3.66. The van der Waals surface area contributed by atoms with Gasteiger partial charge in [-0.25, -0.2) is 14.1 Å². The lowest BCUT2D eigenvalue weighted by Crippen LogP contribution is -2.09. The molecule has 2 aliphatic rings. The molecule has 2 fully saturated rings. The molecule has 2 aliphatic heterocycles. The van der Waals surface area contributed by atoms with E-state index in [1.807, 2.05) is 0 Å². The van der Waals surface area contributed by atoms with Crippen LogP contribution in [-0.4, -0.2) is 53.0 Å². The number of nitro benzene ring substituents is 1. The van der Waals surface area contributed by atoms with E-state index in [-0.39, 0.29) is 36.0 Å². The molecule has 0 atom stereocenters. The van der Waals surface area contributed by atoms with E-state index < -0.39 is 18.6 Å². The largest absolute Gasteiger partial charge is 0.462 e. The van der Waals surface area contributed by atoms with E-state index in [1.165, 1.54) is 12.1 Å². The highest BCUT2D eigenvalue weighted by atomic mass is 31.2. The third-order valence-electron chi connectivity index (χ3n) is 5.21. The van der Waals surface area contributed by atoms with Crippen molar-refractivity contribution in [3.63, 3.8) is 0 Å². The molecular weight excluding hydrogens is 437 g/mol. The first-order valence-corrected chi connectivity index (χ1v) is 11.8. The molecule has 0 N–H and O–H groups in total. The Balaban J connectivity index is 1.60. The van der Waals surface area contributed by atoms with Crippen molar-refractivity contribution >= 4 is 19.3 Å². The summed E-state index contributed by atoms with van der Waals surface area (Å²) in [6.07, 6.45) is 0. The van der Waals surface area contributed by atoms with Crippen LogP contribution in [0.1, 0.15) is 28.4 Å². The first kappa shape index (κ1) is 22.4. The van der Waals surface area contributed by atoms with Gasteiger partial charge in [0.05, 0.1) is 23.7 Å². The predicted molar refractivity (Wildman–Crippen MR) is 116 cm³/mol. The zero-order valence-corrected chi connectivity index (χ0v) is 18.7. The third kappa shape index (κ3) is 4.68. The minimum Gasteiger partial charge on any atom is -0.462 e. The van der Waals surface area contributed by atoms with Gasteiger partial charge in [0, 0.05) is 37.8 Å². The molecular formula is C21H24N3O7P. The van der Waals surface area contributed by atoms with Crippen LogP contribution in [0.5, 0.6) is 11.5 Å². The van der Waals surface area contributed by atoms with Gasteiger partial charge < -0.3 is 14.0 Å². The number of carbonyl (C=O) groups is 1. The molecule has 0 spiro atoms. The average molecular weight is 461 g/mol. The first-order chi connectivity index (χ1) is 15.3. The van der Waals surface area contributed by atoms with E-state index in [0.717, 1.165) is 26.2 Å². The number of hydrogen-bond acceptors (Lipinski definition) is 7. The quantitative estimate of drug-likeness (QED) is 0.169. The van der Waals surface area contributed by atoms with Crippen LogP contribution in [0.3, 0.4) is 0 Å². The molecule has 0 unspecified atom stereocenters. The van der Waals surface area contributed by atoms with Gasteiger partial charge in [0.2, 0.25) is 5.75 Å². The van der Waals surface area contributed by atoms with E-state index in [0.29, 0.717) is 11.1 Å². The highest BCUT2D eigenvalue weighted by Gasteiger charge is 2.49. The predicted octanol–water partition coefficient (Wildman–Crippen LogP) is 4.13. The van der Waals surface area contributed by atoms with Gasteiger partial charge in [-0.2, -0.15) is 0 Å². The smallest absolute Gasteiger partial charge is 0.346 e. The van der Waals surface area contributed by atoms with Crippen LogP contribution in [0.2, 0.25) is 0 Å². The third-order valence-corrected chi connectivity index (χ3v) is 7.90. The topological polar surface area (TPSA) is 111 Å². The maximum atomic E-state index is 13.2. The van der Waals surface area contributed by atoms with E-state index in [9.17, 15) is 19.5 Å². The van der Waals surface area contributed by atoms with Crippen molar-refractivity contribution in [2.24, 2.45) is 0 Å². The number of esters is 1. The Kier molecular flexibility index (Phi) is 6.30. The highest BCUT2D eigenvalue weighted by molar-refractivity contribution is 7.54. The van der Waals surface area contributed by atoms with E-state index in [2.05, 4.69) is 0 Å². The SMILES string of the molecule is CCOC(=O)c1cccc(Oc2c([N+](=O)[O-])ccc(COP(=O)(N3CC3)N3CC3)c2C)c1. The van der Waals surface area contributed by atoms with E-state index in [4.69, 9.17) is 14.0 Å². The molecule has 0 aromatic heterocycles. The van der Waals surface area contributed by atoms with Gasteiger partial charge >= 0.3 is 19.3 Å². The maximum Gasteiger partial charge on any atom is 0.346 e. The minimum atomic E-state index is -3.02. The Morgan fingerprint density at radius 3 is 2.44 bits per heavy atom. The van der Waals surface area contributed by atoms with Crippen molar-refractivity contribution in [3.8, 4) is 11.5 Å². The zero-order valence-electron chi connectivity index (χ0n) is 17.9. The van der Waals surface area contributed by atoms with Crippen LogP contribution in [0.15, 0.2) is 36.4 Å². The van der Waals surface area contributed by atoms with Gasteiger partial charge in [0.15, 0.2) is 0 Å². The van der Waals surface area contributed by atoms with Crippen LogP contribution in [0, 0.1) is 17.0 Å². The Morgan fingerprint density at radius 2 is 1.84 bits per heavy atom. The molecule has 2 heterocycles. The highest BCUT2D eigenvalue weighted by Crippen LogP contribution is 2.61. The van der Waals surface area contributed by atoms with Crippen LogP contribution in [0.25, 0.3) is 0 Å².